The number of nitrogens with one attached hydrogen (secondary N) is 3. The lowest BCUT2D eigenvalue weighted by Crippen LogP contribution is -2.35. The average Bonchev–Trinajstić information content (AvgIpc) is 3.30. The van der Waals surface area contributed by atoms with E-state index in [4.69, 9.17) is 0 Å². The third-order valence-electron chi connectivity index (χ3n) is 6.30. The third-order valence-corrected chi connectivity index (χ3v) is 6.30. The van der Waals surface area contributed by atoms with Crippen LogP contribution in [0, 0.1) is 17.2 Å². The lowest BCUT2D eigenvalue weighted by atomic mass is 9.96. The average molecular weight is 407 g/mol. The van der Waals surface area contributed by atoms with Crippen LogP contribution >= 0.6 is 0 Å². The molecule has 0 spiro atoms. The van der Waals surface area contributed by atoms with Crippen molar-refractivity contribution in [2.45, 2.75) is 46.6 Å². The van der Waals surface area contributed by atoms with Crippen molar-refractivity contribution in [3.05, 3.63) is 30.3 Å². The lowest BCUT2D eigenvalue weighted by molar-refractivity contribution is 0.608. The van der Waals surface area contributed by atoms with Gasteiger partial charge in [-0.3, -0.25) is 4.99 Å². The third kappa shape index (κ3) is 3.32. The van der Waals surface area contributed by atoms with E-state index in [2.05, 4.69) is 51.3 Å². The molecule has 7 heteroatoms. The molecule has 6 nitrogen and oxygen atoms in total. The Morgan fingerprint density at radius 2 is 2.10 bits per heavy atom. The highest BCUT2D eigenvalue weighted by Crippen LogP contribution is 2.44. The van der Waals surface area contributed by atoms with Gasteiger partial charge in [-0.1, -0.05) is 20.8 Å². The summed E-state index contributed by atoms with van der Waals surface area (Å²) in [5.74, 6) is 0.647. The van der Waals surface area contributed by atoms with Gasteiger partial charge in [-0.15, -0.1) is 0 Å². The smallest absolute Gasteiger partial charge is 0.224 e. The molecule has 2 aromatic heterocycles. The van der Waals surface area contributed by atoms with Crippen LogP contribution in [-0.4, -0.2) is 33.3 Å². The minimum atomic E-state index is -0.331. The normalized spacial score (nSPS) is 19.4. The van der Waals surface area contributed by atoms with Crippen molar-refractivity contribution >= 4 is 34.1 Å². The van der Waals surface area contributed by atoms with E-state index >= 15 is 0 Å². The van der Waals surface area contributed by atoms with Crippen molar-refractivity contribution in [3.8, 4) is 11.1 Å². The predicted molar refractivity (Wildman–Crippen MR) is 120 cm³/mol. The van der Waals surface area contributed by atoms with Gasteiger partial charge in [0, 0.05) is 35.6 Å². The largest absolute Gasteiger partial charge is 0.375 e. The first-order chi connectivity index (χ1) is 14.3. The zero-order chi connectivity index (χ0) is 21.0. The van der Waals surface area contributed by atoms with E-state index in [1.165, 1.54) is 18.9 Å². The summed E-state index contributed by atoms with van der Waals surface area (Å²) in [6.07, 6.45) is 6.15. The lowest BCUT2D eigenvalue weighted by Gasteiger charge is -2.29. The molecule has 30 heavy (non-hydrogen) atoms. The molecule has 0 bridgehead atoms. The number of halogens is 1. The minimum Gasteiger partial charge on any atom is -0.375 e. The predicted octanol–water partition coefficient (Wildman–Crippen LogP) is 5.52. The van der Waals surface area contributed by atoms with Gasteiger partial charge in [-0.25, -0.2) is 9.37 Å². The summed E-state index contributed by atoms with van der Waals surface area (Å²) in [6.45, 7) is 9.35. The fourth-order valence-electron chi connectivity index (χ4n) is 4.06. The summed E-state index contributed by atoms with van der Waals surface area (Å²) >= 11 is 0. The van der Waals surface area contributed by atoms with Gasteiger partial charge in [0.05, 0.1) is 11.7 Å². The molecule has 0 radical (unpaired) electrons. The summed E-state index contributed by atoms with van der Waals surface area (Å²) in [7, 11) is 0. The molecule has 1 aromatic carbocycles. The first kappa shape index (κ1) is 19.0. The van der Waals surface area contributed by atoms with E-state index in [0.29, 0.717) is 23.0 Å². The number of aliphatic imine (C=N–C) groups is 1. The molecule has 5 rings (SSSR count). The summed E-state index contributed by atoms with van der Waals surface area (Å²) in [5.41, 5.74) is 4.78. The molecular formula is C23H27FN6. The molecule has 156 valence electrons. The van der Waals surface area contributed by atoms with Crippen LogP contribution in [0.2, 0.25) is 0 Å². The number of rotatable bonds is 5. The summed E-state index contributed by atoms with van der Waals surface area (Å²) in [5, 5.41) is 7.66. The topological polar surface area (TPSA) is 78.0 Å². The molecule has 1 saturated carbocycles. The van der Waals surface area contributed by atoms with Gasteiger partial charge in [0.25, 0.3) is 0 Å². The number of nitrogens with zero attached hydrogens (tertiary/aromatic N) is 3. The molecule has 1 atom stereocenters. The number of hydrogen-bond acceptors (Lipinski definition) is 5. The maximum absolute atomic E-state index is 14.9. The molecule has 2 aliphatic rings. The number of aromatic amines is 1. The molecule has 3 heterocycles. The number of hydrogen-bond donors (Lipinski definition) is 3. The Hall–Kier alpha value is -2.96. The van der Waals surface area contributed by atoms with E-state index in [1.807, 2.05) is 19.2 Å². The van der Waals surface area contributed by atoms with Crippen molar-refractivity contribution in [2.24, 2.45) is 16.3 Å². The molecule has 0 amide bonds. The Morgan fingerprint density at radius 1 is 1.30 bits per heavy atom. The molecular weight excluding hydrogens is 379 g/mol. The van der Waals surface area contributed by atoms with Crippen LogP contribution in [0.5, 0.6) is 0 Å². The van der Waals surface area contributed by atoms with Gasteiger partial charge in [0.2, 0.25) is 5.95 Å². The zero-order valence-corrected chi connectivity index (χ0v) is 17.8. The highest BCUT2D eigenvalue weighted by Gasteiger charge is 2.37. The number of benzene rings is 1. The number of H-pyrrole nitrogens is 1. The van der Waals surface area contributed by atoms with Crippen LogP contribution in [0.1, 0.15) is 40.5 Å². The second kappa shape index (κ2) is 6.79. The van der Waals surface area contributed by atoms with E-state index in [0.717, 1.165) is 40.1 Å². The van der Waals surface area contributed by atoms with Gasteiger partial charge in [0.15, 0.2) is 5.82 Å². The standard InChI is InChI=1S/C23H27FN6/c1-12(2)19-13(3)28-20-17(24)7-14(8-18(20)29-19)15-9-25-21-16(15)10-26-22(30-21)27-11-23(4)5-6-23/h7-10,12,19,29H,5-6,11H2,1-4H3,(H2,25,26,27,30)/t19-/m0/s1. The van der Waals surface area contributed by atoms with Crippen LogP contribution < -0.4 is 10.6 Å². The summed E-state index contributed by atoms with van der Waals surface area (Å²) in [6, 6.07) is 3.60. The van der Waals surface area contributed by atoms with Crippen molar-refractivity contribution < 1.29 is 4.39 Å². The Balaban J connectivity index is 1.48. The van der Waals surface area contributed by atoms with Crippen LogP contribution in [-0.2, 0) is 0 Å². The monoisotopic (exact) mass is 406 g/mol. The van der Waals surface area contributed by atoms with Gasteiger partial charge in [0.1, 0.15) is 11.3 Å². The summed E-state index contributed by atoms with van der Waals surface area (Å²) < 4.78 is 14.9. The zero-order valence-electron chi connectivity index (χ0n) is 17.8. The highest BCUT2D eigenvalue weighted by atomic mass is 19.1. The van der Waals surface area contributed by atoms with Crippen LogP contribution in [0.25, 0.3) is 22.2 Å². The van der Waals surface area contributed by atoms with E-state index in [-0.39, 0.29) is 11.9 Å². The van der Waals surface area contributed by atoms with E-state index < -0.39 is 0 Å². The summed E-state index contributed by atoms with van der Waals surface area (Å²) in [4.78, 5) is 16.8. The highest BCUT2D eigenvalue weighted by molar-refractivity contribution is 5.99. The Kier molecular flexibility index (Phi) is 4.31. The number of aromatic nitrogens is 3. The minimum absolute atomic E-state index is 0.0976. The van der Waals surface area contributed by atoms with E-state index in [9.17, 15) is 4.39 Å². The SMILES string of the molecule is CC1=Nc2c(F)cc(-c3c[nH]c4nc(NCC5(C)CC5)ncc34)cc2N[C@H]1C(C)C. The second-order valence-electron chi connectivity index (χ2n) is 9.30. The quantitative estimate of drug-likeness (QED) is 0.521. The van der Waals surface area contributed by atoms with Crippen LogP contribution in [0.15, 0.2) is 29.5 Å². The Labute approximate surface area is 175 Å². The van der Waals surface area contributed by atoms with Gasteiger partial charge in [-0.2, -0.15) is 4.98 Å². The first-order valence-electron chi connectivity index (χ1n) is 10.6. The molecule has 0 unspecified atom stereocenters. The molecule has 1 fully saturated rings. The van der Waals surface area contributed by atoms with Crippen molar-refractivity contribution in [3.63, 3.8) is 0 Å². The maximum atomic E-state index is 14.9. The maximum Gasteiger partial charge on any atom is 0.224 e. The second-order valence-corrected chi connectivity index (χ2v) is 9.30. The van der Waals surface area contributed by atoms with Gasteiger partial charge >= 0.3 is 0 Å². The van der Waals surface area contributed by atoms with Crippen LogP contribution in [0.4, 0.5) is 21.7 Å². The first-order valence-corrected chi connectivity index (χ1v) is 10.6. The molecule has 3 N–H and O–H groups in total. The molecule has 0 saturated heterocycles. The van der Waals surface area contributed by atoms with Crippen molar-refractivity contribution in [1.82, 2.24) is 15.0 Å². The van der Waals surface area contributed by atoms with Gasteiger partial charge < -0.3 is 15.6 Å². The van der Waals surface area contributed by atoms with Crippen LogP contribution in [0.3, 0.4) is 0 Å². The van der Waals surface area contributed by atoms with Crippen molar-refractivity contribution in [2.75, 3.05) is 17.2 Å². The van der Waals surface area contributed by atoms with Gasteiger partial charge in [-0.05, 0) is 48.8 Å². The molecule has 1 aliphatic carbocycles. The molecule has 3 aromatic rings. The van der Waals surface area contributed by atoms with Crippen molar-refractivity contribution in [1.29, 1.82) is 0 Å². The number of anilines is 2. The van der Waals surface area contributed by atoms with E-state index in [1.54, 1.807) is 6.20 Å². The number of fused-ring (bicyclic) bond motifs is 2. The fourth-order valence-corrected chi connectivity index (χ4v) is 4.06. The fraction of sp³-hybridized carbons (Fsp3) is 0.435. The Bertz CT molecular complexity index is 1160. The Morgan fingerprint density at radius 3 is 2.83 bits per heavy atom. The molecule has 1 aliphatic heterocycles.